The summed E-state index contributed by atoms with van der Waals surface area (Å²) in [6.45, 7) is 0.221. The number of nitrogens with zero attached hydrogens (tertiary/aromatic N) is 4. The van der Waals surface area contributed by atoms with Crippen LogP contribution in [-0.2, 0) is 6.54 Å². The second-order valence-corrected chi connectivity index (χ2v) is 6.36. The number of carbonyl (C=O) groups is 1. The van der Waals surface area contributed by atoms with E-state index in [0.717, 1.165) is 11.8 Å². The van der Waals surface area contributed by atoms with Crippen molar-refractivity contribution >= 4 is 29.0 Å². The standard InChI is InChI=1S/C19H13ClFN5O2/c20-14-6-4-12(9-22-14)11-26-16-3-1-2-8-25(16)17(19(26)28)18(27)24-15-7-5-13(21)10-23-15/h1-10H,11H2,(H-,23,24,27,28). The SMILES string of the molecule is O=C(Nc1ccc(F)cn1)c1c([O-])[n+](Cc2ccc(Cl)nc2)c2ccccn12. The summed E-state index contributed by atoms with van der Waals surface area (Å²) in [7, 11) is 0. The van der Waals surface area contributed by atoms with E-state index in [0.29, 0.717) is 10.8 Å². The molecule has 0 fully saturated rings. The Morgan fingerprint density at radius 2 is 2.04 bits per heavy atom. The molecule has 1 amide bonds. The molecule has 0 bridgehead atoms. The first kappa shape index (κ1) is 17.9. The molecule has 0 aliphatic heterocycles. The number of carbonyl (C=O) groups excluding carboxylic acids is 1. The van der Waals surface area contributed by atoms with Crippen LogP contribution in [0.1, 0.15) is 16.1 Å². The zero-order valence-corrected chi connectivity index (χ0v) is 15.1. The Balaban J connectivity index is 1.74. The first-order valence-electron chi connectivity index (χ1n) is 8.26. The zero-order chi connectivity index (χ0) is 19.7. The summed E-state index contributed by atoms with van der Waals surface area (Å²) >= 11 is 5.81. The highest BCUT2D eigenvalue weighted by Gasteiger charge is 2.25. The van der Waals surface area contributed by atoms with Crippen molar-refractivity contribution < 1.29 is 18.9 Å². The highest BCUT2D eigenvalue weighted by atomic mass is 35.5. The first-order chi connectivity index (χ1) is 13.5. The second-order valence-electron chi connectivity index (χ2n) is 5.97. The predicted molar refractivity (Wildman–Crippen MR) is 97.5 cm³/mol. The van der Waals surface area contributed by atoms with Crippen LogP contribution in [0.4, 0.5) is 10.2 Å². The third kappa shape index (κ3) is 3.37. The van der Waals surface area contributed by atoms with Crippen molar-refractivity contribution in [3.63, 3.8) is 0 Å². The van der Waals surface area contributed by atoms with E-state index in [4.69, 9.17) is 11.6 Å². The number of amides is 1. The van der Waals surface area contributed by atoms with Crippen LogP contribution in [0, 0.1) is 5.82 Å². The molecule has 0 aliphatic carbocycles. The monoisotopic (exact) mass is 397 g/mol. The summed E-state index contributed by atoms with van der Waals surface area (Å²) in [6.07, 6.45) is 4.18. The zero-order valence-electron chi connectivity index (χ0n) is 14.3. The number of hydrogen-bond donors (Lipinski definition) is 1. The fourth-order valence-electron chi connectivity index (χ4n) is 2.85. The molecule has 0 aliphatic rings. The first-order valence-corrected chi connectivity index (χ1v) is 8.64. The van der Waals surface area contributed by atoms with Gasteiger partial charge in [-0.15, -0.1) is 0 Å². The maximum absolute atomic E-state index is 13.0. The van der Waals surface area contributed by atoms with E-state index in [-0.39, 0.29) is 18.1 Å². The number of hydrogen-bond acceptors (Lipinski definition) is 4. The second kappa shape index (κ2) is 7.24. The van der Waals surface area contributed by atoms with Gasteiger partial charge < -0.3 is 10.4 Å². The number of rotatable bonds is 4. The number of pyridine rings is 3. The molecular formula is C19H13ClFN5O2. The van der Waals surface area contributed by atoms with Crippen molar-refractivity contribution in [3.05, 3.63) is 83.3 Å². The Hall–Kier alpha value is -3.52. The molecule has 0 unspecified atom stereocenters. The smallest absolute Gasteiger partial charge is 0.300 e. The Morgan fingerprint density at radius 1 is 1.18 bits per heavy atom. The number of nitrogens with one attached hydrogen (secondary N) is 1. The average molecular weight is 398 g/mol. The van der Waals surface area contributed by atoms with Gasteiger partial charge in [0.25, 0.3) is 11.6 Å². The maximum Gasteiger partial charge on any atom is 0.300 e. The van der Waals surface area contributed by atoms with E-state index < -0.39 is 17.6 Å². The van der Waals surface area contributed by atoms with Gasteiger partial charge in [0.05, 0.1) is 12.4 Å². The molecule has 0 spiro atoms. The van der Waals surface area contributed by atoms with Gasteiger partial charge in [-0.1, -0.05) is 23.7 Å². The Labute approximate surface area is 163 Å². The van der Waals surface area contributed by atoms with Gasteiger partial charge in [-0.2, -0.15) is 4.40 Å². The van der Waals surface area contributed by atoms with Crippen LogP contribution >= 0.6 is 11.6 Å². The van der Waals surface area contributed by atoms with Crippen molar-refractivity contribution in [1.29, 1.82) is 0 Å². The molecule has 0 saturated carbocycles. The average Bonchev–Trinajstić information content (AvgIpc) is 2.97. The summed E-state index contributed by atoms with van der Waals surface area (Å²) in [5, 5.41) is 15.9. The summed E-state index contributed by atoms with van der Waals surface area (Å²) in [5.41, 5.74) is 1.22. The maximum atomic E-state index is 13.0. The van der Waals surface area contributed by atoms with E-state index in [1.54, 1.807) is 42.7 Å². The number of imidazole rings is 1. The van der Waals surface area contributed by atoms with Gasteiger partial charge >= 0.3 is 0 Å². The molecular weight excluding hydrogens is 385 g/mol. The molecule has 4 aromatic heterocycles. The molecule has 4 heterocycles. The minimum atomic E-state index is -0.640. The van der Waals surface area contributed by atoms with E-state index in [1.807, 2.05) is 0 Å². The third-order valence-electron chi connectivity index (χ3n) is 4.12. The molecule has 7 nitrogen and oxygen atoms in total. The molecule has 4 aromatic rings. The summed E-state index contributed by atoms with van der Waals surface area (Å²) in [6, 6.07) is 11.1. The largest absolute Gasteiger partial charge is 0.839 e. The molecule has 9 heteroatoms. The van der Waals surface area contributed by atoms with Crippen molar-refractivity contribution in [2.45, 2.75) is 6.54 Å². The molecule has 1 N–H and O–H groups in total. The van der Waals surface area contributed by atoms with Gasteiger partial charge in [0.2, 0.25) is 5.69 Å². The van der Waals surface area contributed by atoms with Crippen molar-refractivity contribution in [1.82, 2.24) is 14.4 Å². The lowest BCUT2D eigenvalue weighted by Crippen LogP contribution is -2.37. The molecule has 140 valence electrons. The molecule has 0 atom stereocenters. The van der Waals surface area contributed by atoms with Crippen molar-refractivity contribution in [2.24, 2.45) is 0 Å². The third-order valence-corrected chi connectivity index (χ3v) is 4.34. The van der Waals surface area contributed by atoms with Crippen LogP contribution in [0.5, 0.6) is 5.88 Å². The Bertz CT molecular complexity index is 1160. The Morgan fingerprint density at radius 3 is 2.75 bits per heavy atom. The molecule has 4 rings (SSSR count). The lowest BCUT2D eigenvalue weighted by Gasteiger charge is -2.07. The topological polar surface area (TPSA) is 86.2 Å². The van der Waals surface area contributed by atoms with Crippen LogP contribution < -0.4 is 15.0 Å². The van der Waals surface area contributed by atoms with Crippen LogP contribution in [-0.4, -0.2) is 20.3 Å². The highest BCUT2D eigenvalue weighted by molar-refractivity contribution is 6.29. The minimum Gasteiger partial charge on any atom is -0.839 e. The van der Waals surface area contributed by atoms with Crippen LogP contribution in [0.2, 0.25) is 5.15 Å². The Kier molecular flexibility index (Phi) is 4.62. The van der Waals surface area contributed by atoms with E-state index >= 15 is 0 Å². The molecule has 0 aromatic carbocycles. The number of fused-ring (bicyclic) bond motifs is 1. The fourth-order valence-corrected chi connectivity index (χ4v) is 2.96. The summed E-state index contributed by atoms with van der Waals surface area (Å²) in [5.74, 6) is -1.49. The molecule has 0 radical (unpaired) electrons. The lowest BCUT2D eigenvalue weighted by atomic mass is 10.3. The predicted octanol–water partition coefficient (Wildman–Crippen LogP) is 2.18. The van der Waals surface area contributed by atoms with Crippen LogP contribution in [0.25, 0.3) is 5.65 Å². The van der Waals surface area contributed by atoms with Gasteiger partial charge in [0.1, 0.15) is 29.2 Å². The summed E-state index contributed by atoms with van der Waals surface area (Å²) < 4.78 is 16.0. The van der Waals surface area contributed by atoms with Gasteiger partial charge in [0.15, 0.2) is 0 Å². The van der Waals surface area contributed by atoms with Crippen LogP contribution in [0.15, 0.2) is 61.1 Å². The van der Waals surface area contributed by atoms with Crippen molar-refractivity contribution in [2.75, 3.05) is 5.32 Å². The number of anilines is 1. The fraction of sp³-hybridized carbons (Fsp3) is 0.0526. The van der Waals surface area contributed by atoms with Gasteiger partial charge in [0, 0.05) is 17.8 Å². The van der Waals surface area contributed by atoms with E-state index in [2.05, 4.69) is 15.3 Å². The number of aromatic nitrogens is 4. The van der Waals surface area contributed by atoms with Gasteiger partial charge in [-0.3, -0.25) is 4.79 Å². The quantitative estimate of drug-likeness (QED) is 0.422. The minimum absolute atomic E-state index is 0.0800. The normalized spacial score (nSPS) is 10.9. The van der Waals surface area contributed by atoms with Gasteiger partial charge in [-0.25, -0.2) is 18.9 Å². The van der Waals surface area contributed by atoms with Crippen LogP contribution in [0.3, 0.4) is 0 Å². The highest BCUT2D eigenvalue weighted by Crippen LogP contribution is 2.17. The number of halogens is 2. The molecule has 28 heavy (non-hydrogen) atoms. The van der Waals surface area contributed by atoms with Crippen molar-refractivity contribution in [3.8, 4) is 5.88 Å². The molecule has 0 saturated heterocycles. The van der Waals surface area contributed by atoms with E-state index in [9.17, 15) is 14.3 Å². The lowest BCUT2D eigenvalue weighted by molar-refractivity contribution is -0.704. The van der Waals surface area contributed by atoms with E-state index in [1.165, 1.54) is 21.1 Å². The summed E-state index contributed by atoms with van der Waals surface area (Å²) in [4.78, 5) is 20.5. The van der Waals surface area contributed by atoms with Gasteiger partial charge in [-0.05, 0) is 24.3 Å².